The van der Waals surface area contributed by atoms with E-state index in [1.54, 1.807) is 4.88 Å². The lowest BCUT2D eigenvalue weighted by molar-refractivity contribution is 0.599. The Morgan fingerprint density at radius 1 is 1.06 bits per heavy atom. The Bertz CT molecular complexity index is 322. The molecule has 0 saturated heterocycles. The van der Waals surface area contributed by atoms with Crippen LogP contribution in [0.3, 0.4) is 0 Å². The highest BCUT2D eigenvalue weighted by Crippen LogP contribution is 2.30. The minimum absolute atomic E-state index is 0.314. The third-order valence-corrected chi connectivity index (χ3v) is 4.75. The second-order valence-electron chi connectivity index (χ2n) is 6.03. The topological polar surface area (TPSA) is 12.0 Å². The molecule has 0 radical (unpaired) electrons. The molecule has 1 N–H and O–H groups in total. The second-order valence-corrected chi connectivity index (χ2v) is 7.20. The Balaban J connectivity index is 2.14. The molecule has 0 unspecified atom stereocenters. The van der Waals surface area contributed by atoms with E-state index >= 15 is 0 Å². The summed E-state index contributed by atoms with van der Waals surface area (Å²) in [6.45, 7) is 11.3. The van der Waals surface area contributed by atoms with E-state index in [9.17, 15) is 0 Å². The maximum Gasteiger partial charge on any atom is 0.0102 e. The molecule has 2 heteroatoms. The van der Waals surface area contributed by atoms with Crippen molar-refractivity contribution in [2.24, 2.45) is 0 Å². The third-order valence-electron chi connectivity index (χ3n) is 3.18. The van der Waals surface area contributed by atoms with Gasteiger partial charge >= 0.3 is 0 Å². The van der Waals surface area contributed by atoms with Crippen molar-refractivity contribution in [1.82, 2.24) is 5.32 Å². The highest BCUT2D eigenvalue weighted by molar-refractivity contribution is 7.12. The molecule has 1 aromatic heterocycles. The summed E-state index contributed by atoms with van der Waals surface area (Å²) in [4.78, 5) is 3.08. The zero-order chi connectivity index (χ0) is 13.4. The van der Waals surface area contributed by atoms with Crippen molar-refractivity contribution in [3.05, 3.63) is 21.9 Å². The molecule has 1 nitrogen and oxygen atoms in total. The van der Waals surface area contributed by atoms with Crippen LogP contribution in [0.1, 0.15) is 63.1 Å². The molecular formula is C16H29NS. The summed E-state index contributed by atoms with van der Waals surface area (Å²) in [6.07, 6.45) is 6.67. The average Bonchev–Trinajstić information content (AvgIpc) is 2.76. The highest BCUT2D eigenvalue weighted by Gasteiger charge is 2.15. The van der Waals surface area contributed by atoms with E-state index in [1.807, 2.05) is 11.3 Å². The minimum Gasteiger partial charge on any atom is -0.317 e. The van der Waals surface area contributed by atoms with Crippen LogP contribution in [0.25, 0.3) is 0 Å². The van der Waals surface area contributed by atoms with Gasteiger partial charge in [-0.2, -0.15) is 0 Å². The van der Waals surface area contributed by atoms with Gasteiger partial charge in [0.25, 0.3) is 0 Å². The van der Waals surface area contributed by atoms with Gasteiger partial charge in [-0.15, -0.1) is 11.3 Å². The van der Waals surface area contributed by atoms with E-state index < -0.39 is 0 Å². The van der Waals surface area contributed by atoms with Gasteiger partial charge in [0.1, 0.15) is 0 Å². The smallest absolute Gasteiger partial charge is 0.0102 e. The number of thiophene rings is 1. The molecule has 104 valence electrons. The van der Waals surface area contributed by atoms with E-state index in [4.69, 9.17) is 0 Å². The summed E-state index contributed by atoms with van der Waals surface area (Å²) in [7, 11) is 0. The Kier molecular flexibility index (Phi) is 6.95. The van der Waals surface area contributed by atoms with Crippen molar-refractivity contribution >= 4 is 11.3 Å². The van der Waals surface area contributed by atoms with E-state index in [0.29, 0.717) is 5.41 Å². The van der Waals surface area contributed by atoms with E-state index in [-0.39, 0.29) is 0 Å². The Morgan fingerprint density at radius 2 is 1.78 bits per heavy atom. The van der Waals surface area contributed by atoms with Crippen LogP contribution in [0.4, 0.5) is 0 Å². The lowest BCUT2D eigenvalue weighted by Gasteiger charge is -2.15. The van der Waals surface area contributed by atoms with E-state index in [0.717, 1.165) is 6.54 Å². The van der Waals surface area contributed by atoms with Crippen molar-refractivity contribution in [3.63, 3.8) is 0 Å². The van der Waals surface area contributed by atoms with Crippen LogP contribution in [0.2, 0.25) is 0 Å². The second kappa shape index (κ2) is 7.96. The lowest BCUT2D eigenvalue weighted by Crippen LogP contribution is -2.13. The molecule has 0 spiro atoms. The lowest BCUT2D eigenvalue weighted by atomic mass is 9.95. The molecule has 0 aromatic carbocycles. The van der Waals surface area contributed by atoms with Crippen LogP contribution in [-0.4, -0.2) is 13.1 Å². The normalized spacial score (nSPS) is 12.0. The maximum absolute atomic E-state index is 3.38. The minimum atomic E-state index is 0.314. The monoisotopic (exact) mass is 267 g/mol. The molecular weight excluding hydrogens is 238 g/mol. The molecule has 0 atom stereocenters. The predicted octanol–water partition coefficient (Wildman–Crippen LogP) is 4.76. The molecule has 0 amide bonds. The van der Waals surface area contributed by atoms with Crippen LogP contribution >= 0.6 is 11.3 Å². The van der Waals surface area contributed by atoms with Gasteiger partial charge in [-0.3, -0.25) is 0 Å². The van der Waals surface area contributed by atoms with Crippen molar-refractivity contribution < 1.29 is 0 Å². The largest absolute Gasteiger partial charge is 0.317 e. The molecule has 0 aliphatic heterocycles. The fraction of sp³-hybridized carbons (Fsp3) is 0.750. The van der Waals surface area contributed by atoms with Crippen molar-refractivity contribution in [2.45, 2.75) is 65.2 Å². The van der Waals surface area contributed by atoms with Gasteiger partial charge in [0.2, 0.25) is 0 Å². The van der Waals surface area contributed by atoms with E-state index in [1.165, 1.54) is 43.5 Å². The summed E-state index contributed by atoms with van der Waals surface area (Å²) in [5.74, 6) is 0. The Morgan fingerprint density at radius 3 is 2.39 bits per heavy atom. The van der Waals surface area contributed by atoms with E-state index in [2.05, 4.69) is 45.1 Å². The molecule has 1 aromatic rings. The number of unbranched alkanes of at least 4 members (excludes halogenated alkanes) is 3. The molecule has 18 heavy (non-hydrogen) atoms. The summed E-state index contributed by atoms with van der Waals surface area (Å²) < 4.78 is 0. The molecule has 0 bridgehead atoms. The van der Waals surface area contributed by atoms with Gasteiger partial charge in [-0.05, 0) is 49.9 Å². The molecule has 0 aliphatic carbocycles. The molecule has 1 heterocycles. The SMILES string of the molecule is CCNCCCCCCc1ccc(C(C)(C)C)s1. The zero-order valence-electron chi connectivity index (χ0n) is 12.5. The van der Waals surface area contributed by atoms with Gasteiger partial charge in [-0.25, -0.2) is 0 Å². The van der Waals surface area contributed by atoms with Gasteiger partial charge in [-0.1, -0.05) is 40.5 Å². The summed E-state index contributed by atoms with van der Waals surface area (Å²) >= 11 is 2.00. The van der Waals surface area contributed by atoms with Gasteiger partial charge in [0.05, 0.1) is 0 Å². The van der Waals surface area contributed by atoms with Crippen molar-refractivity contribution in [3.8, 4) is 0 Å². The first kappa shape index (κ1) is 15.7. The van der Waals surface area contributed by atoms with Gasteiger partial charge in [0.15, 0.2) is 0 Å². The van der Waals surface area contributed by atoms with Crippen LogP contribution in [0.15, 0.2) is 12.1 Å². The first-order valence-corrected chi connectivity index (χ1v) is 8.15. The first-order valence-electron chi connectivity index (χ1n) is 7.34. The zero-order valence-corrected chi connectivity index (χ0v) is 13.3. The highest BCUT2D eigenvalue weighted by atomic mass is 32.1. The van der Waals surface area contributed by atoms with Crippen LogP contribution < -0.4 is 5.32 Å². The predicted molar refractivity (Wildman–Crippen MR) is 83.7 cm³/mol. The van der Waals surface area contributed by atoms with Gasteiger partial charge < -0.3 is 5.32 Å². The summed E-state index contributed by atoms with van der Waals surface area (Å²) in [5.41, 5.74) is 0.314. The summed E-state index contributed by atoms with van der Waals surface area (Å²) in [6, 6.07) is 4.63. The average molecular weight is 267 g/mol. The fourth-order valence-corrected chi connectivity index (χ4v) is 3.10. The van der Waals surface area contributed by atoms with Crippen LogP contribution in [-0.2, 0) is 11.8 Å². The number of nitrogens with one attached hydrogen (secondary N) is 1. The number of hydrogen-bond donors (Lipinski definition) is 1. The third kappa shape index (κ3) is 6.01. The first-order chi connectivity index (χ1) is 8.54. The Hall–Kier alpha value is -0.340. The van der Waals surface area contributed by atoms with Crippen molar-refractivity contribution in [1.29, 1.82) is 0 Å². The molecule has 0 saturated carbocycles. The molecule has 0 aliphatic rings. The Labute approximate surface area is 117 Å². The van der Waals surface area contributed by atoms with Crippen LogP contribution in [0, 0.1) is 0 Å². The fourth-order valence-electron chi connectivity index (χ4n) is 1.99. The maximum atomic E-state index is 3.38. The number of hydrogen-bond acceptors (Lipinski definition) is 2. The van der Waals surface area contributed by atoms with Crippen LogP contribution in [0.5, 0.6) is 0 Å². The molecule has 0 fully saturated rings. The summed E-state index contributed by atoms with van der Waals surface area (Å²) in [5, 5.41) is 3.38. The van der Waals surface area contributed by atoms with Crippen molar-refractivity contribution in [2.75, 3.05) is 13.1 Å². The standard InChI is InChI=1S/C16H29NS/c1-5-17-13-9-7-6-8-10-14-11-12-15(18-14)16(2,3)4/h11-12,17H,5-10,13H2,1-4H3. The number of rotatable bonds is 8. The quantitative estimate of drug-likeness (QED) is 0.670. The van der Waals surface area contributed by atoms with Gasteiger partial charge in [0, 0.05) is 9.75 Å². The number of aryl methyl sites for hydroxylation is 1. The molecule has 1 rings (SSSR count).